The van der Waals surface area contributed by atoms with E-state index in [0.717, 1.165) is 5.52 Å². The first kappa shape index (κ1) is 17.7. The maximum Gasteiger partial charge on any atom is 0.412 e. The summed E-state index contributed by atoms with van der Waals surface area (Å²) < 4.78 is 11.8. The van der Waals surface area contributed by atoms with Crippen LogP contribution < -0.4 is 0 Å². The van der Waals surface area contributed by atoms with Crippen molar-refractivity contribution in [2.75, 3.05) is 13.2 Å². The zero-order valence-electron chi connectivity index (χ0n) is 14.4. The first-order valence-electron chi connectivity index (χ1n) is 7.72. The molecule has 24 heavy (non-hydrogen) atoms. The Balaban J connectivity index is 2.21. The summed E-state index contributed by atoms with van der Waals surface area (Å²) >= 11 is 0. The third kappa shape index (κ3) is 4.68. The molecule has 0 aliphatic carbocycles. The molecule has 0 saturated carbocycles. The van der Waals surface area contributed by atoms with Crippen molar-refractivity contribution in [1.82, 2.24) is 19.9 Å². The average molecular weight is 334 g/mol. The maximum absolute atomic E-state index is 12.4. The van der Waals surface area contributed by atoms with Gasteiger partial charge in [0, 0.05) is 0 Å². The van der Waals surface area contributed by atoms with Crippen LogP contribution >= 0.6 is 0 Å². The van der Waals surface area contributed by atoms with Gasteiger partial charge in [-0.15, -0.1) is 5.10 Å². The van der Waals surface area contributed by atoms with Crippen molar-refractivity contribution in [2.45, 2.75) is 40.0 Å². The second-order valence-electron chi connectivity index (χ2n) is 6.20. The summed E-state index contributed by atoms with van der Waals surface area (Å²) in [6.07, 6.45) is -0.616. The maximum atomic E-state index is 12.4. The zero-order chi connectivity index (χ0) is 17.7. The van der Waals surface area contributed by atoms with Crippen LogP contribution in [-0.4, -0.2) is 50.7 Å². The molecular weight excluding hydrogens is 312 g/mol. The Morgan fingerprint density at radius 3 is 2.62 bits per heavy atom. The van der Waals surface area contributed by atoms with Crippen molar-refractivity contribution in [2.24, 2.45) is 0 Å². The Morgan fingerprint density at radius 2 is 1.96 bits per heavy atom. The summed E-state index contributed by atoms with van der Waals surface area (Å²) in [5.41, 5.74) is 0.793. The number of hydrogen-bond acceptors (Lipinski definition) is 6. The Hall–Kier alpha value is -2.64. The number of carbonyl (C=O) groups is 2. The van der Waals surface area contributed by atoms with E-state index in [-0.39, 0.29) is 19.8 Å². The highest BCUT2D eigenvalue weighted by molar-refractivity contribution is 5.78. The molecule has 2 aromatic rings. The van der Waals surface area contributed by atoms with Crippen LogP contribution in [-0.2, 0) is 20.9 Å². The molecule has 0 unspecified atom stereocenters. The van der Waals surface area contributed by atoms with Gasteiger partial charge >= 0.3 is 12.1 Å². The number of nitrogens with zero attached hydrogens (tertiary/aromatic N) is 4. The van der Waals surface area contributed by atoms with Crippen LogP contribution in [0.15, 0.2) is 24.3 Å². The van der Waals surface area contributed by atoms with Gasteiger partial charge in [0.15, 0.2) is 0 Å². The third-order valence-corrected chi connectivity index (χ3v) is 3.00. The van der Waals surface area contributed by atoms with Gasteiger partial charge in [0.05, 0.1) is 12.1 Å². The predicted molar refractivity (Wildman–Crippen MR) is 87.1 cm³/mol. The molecule has 8 nitrogen and oxygen atoms in total. The van der Waals surface area contributed by atoms with Crippen LogP contribution in [0, 0.1) is 0 Å². The highest BCUT2D eigenvalue weighted by Crippen LogP contribution is 2.14. The fourth-order valence-corrected chi connectivity index (χ4v) is 2.04. The number of carbonyl (C=O) groups excluding carboxylic acids is 2. The molecule has 1 amide bonds. The zero-order valence-corrected chi connectivity index (χ0v) is 14.4. The van der Waals surface area contributed by atoms with Crippen molar-refractivity contribution >= 4 is 23.1 Å². The third-order valence-electron chi connectivity index (χ3n) is 3.00. The summed E-state index contributed by atoms with van der Waals surface area (Å²) in [5.74, 6) is -0.507. The van der Waals surface area contributed by atoms with E-state index in [1.165, 1.54) is 4.90 Å². The molecule has 0 radical (unpaired) electrons. The Kier molecular flexibility index (Phi) is 5.38. The first-order chi connectivity index (χ1) is 11.3. The fraction of sp³-hybridized carbons (Fsp3) is 0.500. The van der Waals surface area contributed by atoms with Gasteiger partial charge in [-0.2, -0.15) is 0 Å². The van der Waals surface area contributed by atoms with E-state index in [1.807, 2.05) is 24.3 Å². The van der Waals surface area contributed by atoms with Crippen LogP contribution in [0.3, 0.4) is 0 Å². The molecule has 0 fully saturated rings. The van der Waals surface area contributed by atoms with Crippen molar-refractivity contribution < 1.29 is 19.1 Å². The van der Waals surface area contributed by atoms with Gasteiger partial charge in [-0.25, -0.2) is 9.48 Å². The van der Waals surface area contributed by atoms with Crippen molar-refractivity contribution in [3.8, 4) is 0 Å². The van der Waals surface area contributed by atoms with Crippen molar-refractivity contribution in [3.63, 3.8) is 0 Å². The summed E-state index contributed by atoms with van der Waals surface area (Å²) in [7, 11) is 0. The highest BCUT2D eigenvalue weighted by atomic mass is 16.6. The number of para-hydroxylation sites is 1. The van der Waals surface area contributed by atoms with Gasteiger partial charge in [0.1, 0.15) is 24.3 Å². The van der Waals surface area contributed by atoms with E-state index >= 15 is 0 Å². The largest absolute Gasteiger partial charge is 0.465 e. The van der Waals surface area contributed by atoms with E-state index in [0.29, 0.717) is 5.52 Å². The lowest BCUT2D eigenvalue weighted by Gasteiger charge is -2.26. The van der Waals surface area contributed by atoms with Crippen molar-refractivity contribution in [1.29, 1.82) is 0 Å². The summed E-state index contributed by atoms with van der Waals surface area (Å²) in [6.45, 7) is 7.05. The van der Waals surface area contributed by atoms with E-state index in [4.69, 9.17) is 9.47 Å². The molecule has 0 bridgehead atoms. The standard InChI is InChI=1S/C16H22N4O4/c1-5-23-14(21)10-19(15(22)24-16(2,3)4)11-20-13-9-7-6-8-12(13)17-18-20/h6-9H,5,10-11H2,1-4H3. The molecule has 1 aromatic heterocycles. The number of benzene rings is 1. The molecule has 0 atom stereocenters. The van der Waals surface area contributed by atoms with Crippen LogP contribution in [0.5, 0.6) is 0 Å². The normalized spacial score (nSPS) is 11.3. The molecule has 130 valence electrons. The smallest absolute Gasteiger partial charge is 0.412 e. The van der Waals surface area contributed by atoms with Gasteiger partial charge in [0.25, 0.3) is 0 Å². The number of hydrogen-bond donors (Lipinski definition) is 0. The number of fused-ring (bicyclic) bond motifs is 1. The number of ether oxygens (including phenoxy) is 2. The summed E-state index contributed by atoms with van der Waals surface area (Å²) in [4.78, 5) is 25.4. The quantitative estimate of drug-likeness (QED) is 0.779. The minimum atomic E-state index is -0.672. The topological polar surface area (TPSA) is 86.5 Å². The molecule has 0 spiro atoms. The number of amides is 1. The van der Waals surface area contributed by atoms with Crippen LogP contribution in [0.25, 0.3) is 11.0 Å². The first-order valence-corrected chi connectivity index (χ1v) is 7.72. The Bertz CT molecular complexity index is 720. The van der Waals surface area contributed by atoms with E-state index < -0.39 is 17.7 Å². The van der Waals surface area contributed by atoms with Crippen molar-refractivity contribution in [3.05, 3.63) is 24.3 Å². The lowest BCUT2D eigenvalue weighted by Crippen LogP contribution is -2.41. The van der Waals surface area contributed by atoms with Crippen LogP contribution in [0.4, 0.5) is 4.79 Å². The van der Waals surface area contributed by atoms with Gasteiger partial charge in [-0.3, -0.25) is 9.69 Å². The number of rotatable bonds is 5. The SMILES string of the molecule is CCOC(=O)CN(Cn1nnc2ccccc21)C(=O)OC(C)(C)C. The summed E-state index contributed by atoms with van der Waals surface area (Å²) in [6, 6.07) is 7.37. The molecule has 1 heterocycles. The second-order valence-corrected chi connectivity index (χ2v) is 6.20. The molecule has 8 heteroatoms. The minimum Gasteiger partial charge on any atom is -0.465 e. The number of esters is 1. The predicted octanol–water partition coefficient (Wildman–Crippen LogP) is 2.19. The average Bonchev–Trinajstić information content (AvgIpc) is 2.88. The lowest BCUT2D eigenvalue weighted by atomic mass is 10.2. The monoisotopic (exact) mass is 334 g/mol. The lowest BCUT2D eigenvalue weighted by molar-refractivity contribution is -0.144. The Morgan fingerprint density at radius 1 is 1.25 bits per heavy atom. The molecule has 0 saturated heterocycles. The molecule has 0 N–H and O–H groups in total. The molecule has 0 aliphatic heterocycles. The van der Waals surface area contributed by atoms with Crippen LogP contribution in [0.2, 0.25) is 0 Å². The second kappa shape index (κ2) is 7.29. The van der Waals surface area contributed by atoms with E-state index in [9.17, 15) is 9.59 Å². The fourth-order valence-electron chi connectivity index (χ4n) is 2.04. The Labute approximate surface area is 140 Å². The van der Waals surface area contributed by atoms with E-state index in [1.54, 1.807) is 32.4 Å². The van der Waals surface area contributed by atoms with Gasteiger partial charge in [-0.05, 0) is 39.8 Å². The minimum absolute atomic E-state index is 0.0360. The number of aromatic nitrogens is 3. The van der Waals surface area contributed by atoms with Gasteiger partial charge in [-0.1, -0.05) is 17.3 Å². The molecule has 1 aromatic carbocycles. The highest BCUT2D eigenvalue weighted by Gasteiger charge is 2.25. The molecular formula is C16H22N4O4. The van der Waals surface area contributed by atoms with Gasteiger partial charge in [0.2, 0.25) is 0 Å². The molecule has 2 rings (SSSR count). The van der Waals surface area contributed by atoms with Crippen LogP contribution in [0.1, 0.15) is 27.7 Å². The van der Waals surface area contributed by atoms with E-state index in [2.05, 4.69) is 10.3 Å². The van der Waals surface area contributed by atoms with Gasteiger partial charge < -0.3 is 9.47 Å². The molecule has 0 aliphatic rings. The summed E-state index contributed by atoms with van der Waals surface area (Å²) in [5, 5.41) is 8.07.